The molecule has 1 aromatic carbocycles. The normalized spacial score (nSPS) is 17.8. The molecule has 0 saturated heterocycles. The van der Waals surface area contributed by atoms with Gasteiger partial charge in [0.15, 0.2) is 0 Å². The number of para-hydroxylation sites is 1. The van der Waals surface area contributed by atoms with Gasteiger partial charge in [-0.15, -0.1) is 0 Å². The van der Waals surface area contributed by atoms with Gasteiger partial charge < -0.3 is 11.1 Å². The lowest BCUT2D eigenvalue weighted by atomic mass is 9.85. The Morgan fingerprint density at radius 2 is 2.15 bits per heavy atom. The van der Waals surface area contributed by atoms with Crippen LogP contribution >= 0.6 is 0 Å². The number of fused-ring (bicyclic) bond motifs is 1. The van der Waals surface area contributed by atoms with Crippen LogP contribution in [0.5, 0.6) is 0 Å². The van der Waals surface area contributed by atoms with E-state index in [1.807, 2.05) is 18.2 Å². The summed E-state index contributed by atoms with van der Waals surface area (Å²) < 4.78 is 38.5. The first-order chi connectivity index (χ1) is 12.4. The van der Waals surface area contributed by atoms with Crippen LogP contribution in [0, 0.1) is 5.92 Å². The summed E-state index contributed by atoms with van der Waals surface area (Å²) in [6.45, 7) is 0.730. The number of halogens is 3. The van der Waals surface area contributed by atoms with Crippen molar-refractivity contribution in [3.63, 3.8) is 0 Å². The molecule has 0 spiro atoms. The summed E-state index contributed by atoms with van der Waals surface area (Å²) in [5.74, 6) is -1.52. The molecule has 0 aliphatic heterocycles. The number of nitrogens with zero attached hydrogens (tertiary/aromatic N) is 1. The molecule has 1 aromatic heterocycles. The summed E-state index contributed by atoms with van der Waals surface area (Å²) in [7, 11) is 0. The summed E-state index contributed by atoms with van der Waals surface area (Å²) in [6.07, 6.45) is -0.547. The topological polar surface area (TPSA) is 68.0 Å². The second-order valence-electron chi connectivity index (χ2n) is 6.39. The van der Waals surface area contributed by atoms with Crippen molar-refractivity contribution in [2.75, 3.05) is 13.1 Å². The van der Waals surface area contributed by atoms with Gasteiger partial charge in [0, 0.05) is 30.2 Å². The first-order valence-electron chi connectivity index (χ1n) is 8.53. The number of carbonyl (C=O) groups excluding carboxylic acids is 1. The molecule has 0 radical (unpaired) electrons. The van der Waals surface area contributed by atoms with Crippen LogP contribution in [0.15, 0.2) is 36.5 Å². The van der Waals surface area contributed by atoms with E-state index in [9.17, 15) is 18.0 Å². The van der Waals surface area contributed by atoms with Crippen molar-refractivity contribution in [3.8, 4) is 0 Å². The van der Waals surface area contributed by atoms with Crippen LogP contribution in [-0.4, -0.2) is 30.2 Å². The van der Waals surface area contributed by atoms with E-state index < -0.39 is 12.1 Å². The standard InChI is InChI=1S/C19H20F3N3O/c20-19(21,22)15-6-4-12(5-7-15)16-3-1-2-13-10-14(11-25-17(13)16)18(26)24-9-8-23/h1-4,10-11,15H,5-9,23H2,(H,24,26)/t15-/m1/s1. The number of aromatic nitrogens is 1. The summed E-state index contributed by atoms with van der Waals surface area (Å²) in [4.78, 5) is 16.4. The zero-order chi connectivity index (χ0) is 18.7. The molecule has 26 heavy (non-hydrogen) atoms. The number of rotatable bonds is 4. The lowest BCUT2D eigenvalue weighted by Gasteiger charge is -2.24. The molecule has 0 bridgehead atoms. The highest BCUT2D eigenvalue weighted by Crippen LogP contribution is 2.40. The van der Waals surface area contributed by atoms with Gasteiger partial charge in [-0.25, -0.2) is 0 Å². The number of amides is 1. The maximum atomic E-state index is 12.8. The molecule has 4 nitrogen and oxygen atoms in total. The number of hydrogen-bond donors (Lipinski definition) is 2. The smallest absolute Gasteiger partial charge is 0.351 e. The van der Waals surface area contributed by atoms with Gasteiger partial charge in [-0.1, -0.05) is 24.3 Å². The van der Waals surface area contributed by atoms with Crippen molar-refractivity contribution in [1.82, 2.24) is 10.3 Å². The molecule has 138 valence electrons. The minimum atomic E-state index is -4.15. The molecule has 3 rings (SSSR count). The van der Waals surface area contributed by atoms with Crippen LogP contribution < -0.4 is 11.1 Å². The second kappa shape index (κ2) is 7.45. The maximum Gasteiger partial charge on any atom is 0.392 e. The van der Waals surface area contributed by atoms with Gasteiger partial charge in [0.2, 0.25) is 0 Å². The first kappa shape index (κ1) is 18.4. The number of allylic oxidation sites excluding steroid dienone is 2. The van der Waals surface area contributed by atoms with Crippen molar-refractivity contribution in [3.05, 3.63) is 47.7 Å². The lowest BCUT2D eigenvalue weighted by molar-refractivity contribution is -0.175. The Labute approximate surface area is 149 Å². The fraction of sp³-hybridized carbons (Fsp3) is 0.368. The molecule has 0 unspecified atom stereocenters. The fourth-order valence-electron chi connectivity index (χ4n) is 3.21. The van der Waals surface area contributed by atoms with Crippen molar-refractivity contribution < 1.29 is 18.0 Å². The Kier molecular flexibility index (Phi) is 5.27. The highest BCUT2D eigenvalue weighted by atomic mass is 19.4. The maximum absolute atomic E-state index is 12.8. The second-order valence-corrected chi connectivity index (χ2v) is 6.39. The van der Waals surface area contributed by atoms with Crippen LogP contribution in [0.3, 0.4) is 0 Å². The molecule has 3 N–H and O–H groups in total. The number of benzene rings is 1. The van der Waals surface area contributed by atoms with E-state index in [4.69, 9.17) is 5.73 Å². The summed E-state index contributed by atoms with van der Waals surface area (Å²) in [5.41, 5.74) is 8.21. The molecular weight excluding hydrogens is 343 g/mol. The average molecular weight is 363 g/mol. The Hall–Kier alpha value is -2.41. The van der Waals surface area contributed by atoms with Crippen LogP contribution in [0.2, 0.25) is 0 Å². The zero-order valence-electron chi connectivity index (χ0n) is 14.1. The van der Waals surface area contributed by atoms with E-state index in [-0.39, 0.29) is 18.7 Å². The Morgan fingerprint density at radius 1 is 1.35 bits per heavy atom. The third-order valence-electron chi connectivity index (χ3n) is 4.62. The molecular formula is C19H20F3N3O. The van der Waals surface area contributed by atoms with Gasteiger partial charge in [0.1, 0.15) is 0 Å². The van der Waals surface area contributed by atoms with Gasteiger partial charge in [-0.3, -0.25) is 9.78 Å². The van der Waals surface area contributed by atoms with Crippen molar-refractivity contribution in [1.29, 1.82) is 0 Å². The van der Waals surface area contributed by atoms with Crippen molar-refractivity contribution >= 4 is 22.4 Å². The van der Waals surface area contributed by atoms with Gasteiger partial charge in [-0.2, -0.15) is 13.2 Å². The summed E-state index contributed by atoms with van der Waals surface area (Å²) in [5, 5.41) is 3.47. The molecule has 0 fully saturated rings. The monoisotopic (exact) mass is 363 g/mol. The number of nitrogens with two attached hydrogens (primary N) is 1. The van der Waals surface area contributed by atoms with E-state index in [1.165, 1.54) is 6.20 Å². The van der Waals surface area contributed by atoms with Crippen LogP contribution in [-0.2, 0) is 0 Å². The molecule has 1 aliphatic rings. The van der Waals surface area contributed by atoms with E-state index >= 15 is 0 Å². The van der Waals surface area contributed by atoms with Crippen molar-refractivity contribution in [2.45, 2.75) is 25.4 Å². The lowest BCUT2D eigenvalue weighted by Crippen LogP contribution is -2.29. The molecule has 1 amide bonds. The number of pyridine rings is 1. The number of hydrogen-bond acceptors (Lipinski definition) is 3. The Bertz CT molecular complexity index is 846. The molecule has 1 heterocycles. The number of carbonyl (C=O) groups is 1. The van der Waals surface area contributed by atoms with Gasteiger partial charge in [0.05, 0.1) is 17.0 Å². The Balaban J connectivity index is 1.89. The van der Waals surface area contributed by atoms with Crippen molar-refractivity contribution in [2.24, 2.45) is 11.7 Å². The average Bonchev–Trinajstić information content (AvgIpc) is 2.64. The third-order valence-corrected chi connectivity index (χ3v) is 4.62. The number of nitrogens with one attached hydrogen (secondary N) is 1. The van der Waals surface area contributed by atoms with E-state index in [0.29, 0.717) is 30.6 Å². The molecule has 0 saturated carbocycles. The largest absolute Gasteiger partial charge is 0.392 e. The zero-order valence-corrected chi connectivity index (χ0v) is 14.1. The van der Waals surface area contributed by atoms with Crippen LogP contribution in [0.1, 0.15) is 35.2 Å². The molecule has 1 atom stereocenters. The van der Waals surface area contributed by atoms with Crippen LogP contribution in [0.25, 0.3) is 16.5 Å². The molecule has 1 aliphatic carbocycles. The highest BCUT2D eigenvalue weighted by molar-refractivity contribution is 5.99. The minimum Gasteiger partial charge on any atom is -0.351 e. The van der Waals surface area contributed by atoms with E-state index in [1.54, 1.807) is 12.1 Å². The summed E-state index contributed by atoms with van der Waals surface area (Å²) in [6, 6.07) is 7.27. The summed E-state index contributed by atoms with van der Waals surface area (Å²) >= 11 is 0. The predicted octanol–water partition coefficient (Wildman–Crippen LogP) is 3.67. The molecule has 7 heteroatoms. The Morgan fingerprint density at radius 3 is 2.81 bits per heavy atom. The third kappa shape index (κ3) is 3.88. The minimum absolute atomic E-state index is 0.00516. The van der Waals surface area contributed by atoms with E-state index in [2.05, 4.69) is 10.3 Å². The SMILES string of the molecule is NCCNC(=O)c1cnc2c(C3=CC[C@@H](C(F)(F)F)CC3)cccc2c1. The first-order valence-corrected chi connectivity index (χ1v) is 8.53. The predicted molar refractivity (Wildman–Crippen MR) is 94.5 cm³/mol. The fourth-order valence-corrected chi connectivity index (χ4v) is 3.21. The molecule has 2 aromatic rings. The van der Waals surface area contributed by atoms with Gasteiger partial charge in [-0.05, 0) is 30.9 Å². The highest BCUT2D eigenvalue weighted by Gasteiger charge is 2.39. The van der Waals surface area contributed by atoms with Crippen LogP contribution in [0.4, 0.5) is 13.2 Å². The number of alkyl halides is 3. The van der Waals surface area contributed by atoms with Gasteiger partial charge >= 0.3 is 6.18 Å². The van der Waals surface area contributed by atoms with Gasteiger partial charge in [0.25, 0.3) is 5.91 Å². The quantitative estimate of drug-likeness (QED) is 0.871. The van der Waals surface area contributed by atoms with E-state index in [0.717, 1.165) is 16.5 Å².